The van der Waals surface area contributed by atoms with Gasteiger partial charge in [-0.3, -0.25) is 9.48 Å². The molecule has 0 bridgehead atoms. The standard InChI is InChI=1S/C9H15N3O2/c1-6(10-4-9(13)14)8-5-12(3)11-7(8)2/h5-6,10H,4H2,1-3H3,(H,13,14). The maximum absolute atomic E-state index is 10.3. The molecule has 0 aliphatic rings. The Kier molecular flexibility index (Phi) is 3.24. The molecule has 0 radical (unpaired) electrons. The minimum atomic E-state index is -0.849. The molecule has 14 heavy (non-hydrogen) atoms. The molecule has 0 aliphatic carbocycles. The molecular formula is C9H15N3O2. The first-order valence-corrected chi connectivity index (χ1v) is 4.46. The molecule has 0 saturated heterocycles. The highest BCUT2D eigenvalue weighted by molar-refractivity contribution is 5.69. The molecule has 1 atom stereocenters. The Morgan fingerprint density at radius 3 is 2.86 bits per heavy atom. The summed E-state index contributed by atoms with van der Waals surface area (Å²) in [6, 6.07) is 0.0137. The zero-order valence-corrected chi connectivity index (χ0v) is 8.61. The molecule has 1 rings (SSSR count). The number of nitrogens with one attached hydrogen (secondary N) is 1. The fourth-order valence-electron chi connectivity index (χ4n) is 1.39. The van der Waals surface area contributed by atoms with Crippen LogP contribution < -0.4 is 5.32 Å². The van der Waals surface area contributed by atoms with Crippen LogP contribution in [0.2, 0.25) is 0 Å². The number of aryl methyl sites for hydroxylation is 2. The highest BCUT2D eigenvalue weighted by Gasteiger charge is 2.11. The molecule has 1 aromatic rings. The van der Waals surface area contributed by atoms with Crippen LogP contribution in [-0.2, 0) is 11.8 Å². The molecule has 0 saturated carbocycles. The predicted molar refractivity (Wildman–Crippen MR) is 52.0 cm³/mol. The summed E-state index contributed by atoms with van der Waals surface area (Å²) in [5.74, 6) is -0.849. The normalized spacial score (nSPS) is 12.8. The van der Waals surface area contributed by atoms with Crippen molar-refractivity contribution in [2.75, 3.05) is 6.54 Å². The van der Waals surface area contributed by atoms with E-state index in [1.165, 1.54) is 0 Å². The maximum atomic E-state index is 10.3. The minimum absolute atomic E-state index is 0.0137. The predicted octanol–water partition coefficient (Wildman–Crippen LogP) is 0.464. The summed E-state index contributed by atoms with van der Waals surface area (Å²) in [4.78, 5) is 10.3. The molecule has 5 heteroatoms. The summed E-state index contributed by atoms with van der Waals surface area (Å²) in [5, 5.41) is 15.6. The summed E-state index contributed by atoms with van der Waals surface area (Å²) < 4.78 is 1.73. The van der Waals surface area contributed by atoms with E-state index in [0.29, 0.717) is 0 Å². The van der Waals surface area contributed by atoms with Crippen molar-refractivity contribution in [2.24, 2.45) is 7.05 Å². The van der Waals surface area contributed by atoms with Gasteiger partial charge in [-0.1, -0.05) is 0 Å². The Morgan fingerprint density at radius 2 is 2.43 bits per heavy atom. The molecule has 0 amide bonds. The fraction of sp³-hybridized carbons (Fsp3) is 0.556. The highest BCUT2D eigenvalue weighted by Crippen LogP contribution is 2.14. The van der Waals surface area contributed by atoms with Gasteiger partial charge < -0.3 is 10.4 Å². The van der Waals surface area contributed by atoms with Crippen molar-refractivity contribution in [3.8, 4) is 0 Å². The van der Waals surface area contributed by atoms with E-state index in [9.17, 15) is 4.79 Å². The van der Waals surface area contributed by atoms with Gasteiger partial charge in [-0.05, 0) is 13.8 Å². The molecule has 0 aliphatic heterocycles. The number of rotatable bonds is 4. The van der Waals surface area contributed by atoms with Gasteiger partial charge >= 0.3 is 5.97 Å². The SMILES string of the molecule is Cc1nn(C)cc1C(C)NCC(=O)O. The van der Waals surface area contributed by atoms with Crippen LogP contribution in [0.15, 0.2) is 6.20 Å². The summed E-state index contributed by atoms with van der Waals surface area (Å²) in [6.07, 6.45) is 1.90. The van der Waals surface area contributed by atoms with Gasteiger partial charge in [-0.2, -0.15) is 5.10 Å². The number of carboxylic acids is 1. The second-order valence-corrected chi connectivity index (χ2v) is 3.34. The van der Waals surface area contributed by atoms with Crippen LogP contribution in [0.4, 0.5) is 0 Å². The van der Waals surface area contributed by atoms with Gasteiger partial charge in [0, 0.05) is 24.8 Å². The molecule has 2 N–H and O–H groups in total. The first-order chi connectivity index (χ1) is 6.50. The Hall–Kier alpha value is -1.36. The topological polar surface area (TPSA) is 67.2 Å². The number of carboxylic acid groups (broad SMARTS) is 1. The molecule has 1 heterocycles. The first kappa shape index (κ1) is 10.7. The number of carbonyl (C=O) groups is 1. The lowest BCUT2D eigenvalue weighted by atomic mass is 10.1. The van der Waals surface area contributed by atoms with E-state index in [4.69, 9.17) is 5.11 Å². The quantitative estimate of drug-likeness (QED) is 0.736. The van der Waals surface area contributed by atoms with Crippen molar-refractivity contribution in [1.29, 1.82) is 0 Å². The van der Waals surface area contributed by atoms with Crippen LogP contribution in [-0.4, -0.2) is 27.4 Å². The van der Waals surface area contributed by atoms with Gasteiger partial charge in [-0.25, -0.2) is 0 Å². The van der Waals surface area contributed by atoms with Gasteiger partial charge in [0.05, 0.1) is 12.2 Å². The van der Waals surface area contributed by atoms with Gasteiger partial charge in [-0.15, -0.1) is 0 Å². The molecule has 0 aromatic carbocycles. The number of hydrogen-bond acceptors (Lipinski definition) is 3. The van der Waals surface area contributed by atoms with Crippen LogP contribution in [0.5, 0.6) is 0 Å². The van der Waals surface area contributed by atoms with Gasteiger partial charge in [0.25, 0.3) is 0 Å². The van der Waals surface area contributed by atoms with Crippen molar-refractivity contribution < 1.29 is 9.90 Å². The van der Waals surface area contributed by atoms with E-state index in [1.807, 2.05) is 27.1 Å². The monoisotopic (exact) mass is 197 g/mol. The van der Waals surface area contributed by atoms with Gasteiger partial charge in [0.2, 0.25) is 0 Å². The third-order valence-corrected chi connectivity index (χ3v) is 2.08. The van der Waals surface area contributed by atoms with Crippen LogP contribution >= 0.6 is 0 Å². The van der Waals surface area contributed by atoms with E-state index in [1.54, 1.807) is 4.68 Å². The number of aliphatic carboxylic acids is 1. The van der Waals surface area contributed by atoms with Crippen LogP contribution in [0.1, 0.15) is 24.2 Å². The van der Waals surface area contributed by atoms with Gasteiger partial charge in [0.15, 0.2) is 0 Å². The zero-order valence-electron chi connectivity index (χ0n) is 8.61. The number of hydrogen-bond donors (Lipinski definition) is 2. The summed E-state index contributed by atoms with van der Waals surface area (Å²) in [7, 11) is 1.85. The summed E-state index contributed by atoms with van der Waals surface area (Å²) in [6.45, 7) is 3.80. The largest absolute Gasteiger partial charge is 0.480 e. The molecule has 0 spiro atoms. The van der Waals surface area contributed by atoms with Crippen molar-refractivity contribution in [3.63, 3.8) is 0 Å². The van der Waals surface area contributed by atoms with Gasteiger partial charge in [0.1, 0.15) is 0 Å². The molecule has 78 valence electrons. The Labute approximate surface area is 82.7 Å². The lowest BCUT2D eigenvalue weighted by Crippen LogP contribution is -2.25. The number of nitrogens with zero attached hydrogens (tertiary/aromatic N) is 2. The highest BCUT2D eigenvalue weighted by atomic mass is 16.4. The molecule has 5 nitrogen and oxygen atoms in total. The second kappa shape index (κ2) is 4.23. The lowest BCUT2D eigenvalue weighted by molar-refractivity contribution is -0.136. The van der Waals surface area contributed by atoms with Crippen LogP contribution in [0.3, 0.4) is 0 Å². The second-order valence-electron chi connectivity index (χ2n) is 3.34. The summed E-state index contributed by atoms with van der Waals surface area (Å²) >= 11 is 0. The Bertz CT molecular complexity index is 333. The molecular weight excluding hydrogens is 182 g/mol. The van der Waals surface area contributed by atoms with Crippen molar-refractivity contribution >= 4 is 5.97 Å². The third-order valence-electron chi connectivity index (χ3n) is 2.08. The maximum Gasteiger partial charge on any atom is 0.317 e. The summed E-state index contributed by atoms with van der Waals surface area (Å²) in [5.41, 5.74) is 1.96. The van der Waals surface area contributed by atoms with E-state index < -0.39 is 5.97 Å². The van der Waals surface area contributed by atoms with Crippen LogP contribution in [0, 0.1) is 6.92 Å². The average Bonchev–Trinajstić information content (AvgIpc) is 2.41. The molecule has 1 aromatic heterocycles. The first-order valence-electron chi connectivity index (χ1n) is 4.46. The fourth-order valence-corrected chi connectivity index (χ4v) is 1.39. The number of aromatic nitrogens is 2. The molecule has 1 unspecified atom stereocenters. The lowest BCUT2D eigenvalue weighted by Gasteiger charge is -2.10. The molecule has 0 fully saturated rings. The van der Waals surface area contributed by atoms with E-state index in [2.05, 4.69) is 10.4 Å². The van der Waals surface area contributed by atoms with Crippen LogP contribution in [0.25, 0.3) is 0 Å². The third kappa shape index (κ3) is 2.56. The Balaban J connectivity index is 2.64. The van der Waals surface area contributed by atoms with E-state index in [0.717, 1.165) is 11.3 Å². The van der Waals surface area contributed by atoms with Crippen molar-refractivity contribution in [1.82, 2.24) is 15.1 Å². The van der Waals surface area contributed by atoms with Crippen molar-refractivity contribution in [3.05, 3.63) is 17.5 Å². The van der Waals surface area contributed by atoms with E-state index >= 15 is 0 Å². The Morgan fingerprint density at radius 1 is 1.79 bits per heavy atom. The zero-order chi connectivity index (χ0) is 10.7. The average molecular weight is 197 g/mol. The van der Waals surface area contributed by atoms with Crippen molar-refractivity contribution in [2.45, 2.75) is 19.9 Å². The minimum Gasteiger partial charge on any atom is -0.480 e. The van der Waals surface area contributed by atoms with E-state index in [-0.39, 0.29) is 12.6 Å². The smallest absolute Gasteiger partial charge is 0.317 e.